The summed E-state index contributed by atoms with van der Waals surface area (Å²) in [4.78, 5) is 11.3. The molecule has 3 N–H and O–H groups in total. The molecule has 0 unspecified atom stereocenters. The van der Waals surface area contributed by atoms with Crippen LogP contribution in [-0.4, -0.2) is 17.6 Å². The zero-order valence-electron chi connectivity index (χ0n) is 9.73. The lowest BCUT2D eigenvalue weighted by Gasteiger charge is -2.13. The molecule has 0 saturated heterocycles. The first-order valence-electron chi connectivity index (χ1n) is 5.90. The molecule has 0 aliphatic heterocycles. The molecule has 1 aromatic carbocycles. The van der Waals surface area contributed by atoms with E-state index in [9.17, 15) is 9.90 Å². The Morgan fingerprint density at radius 1 is 1.41 bits per heavy atom. The van der Waals surface area contributed by atoms with Crippen molar-refractivity contribution in [2.75, 3.05) is 6.54 Å². The van der Waals surface area contributed by atoms with Crippen LogP contribution >= 0.6 is 0 Å². The number of carboxylic acids is 1. The molecular formula is C14H17NO2. The normalized spacial score (nSPS) is 17.2. The Bertz CT molecular complexity index is 447. The number of aliphatic carboxylic acids is 1. The zero-order chi connectivity index (χ0) is 12.3. The second kappa shape index (κ2) is 4.72. The summed E-state index contributed by atoms with van der Waals surface area (Å²) in [5.74, 6) is -0.711. The fraction of sp³-hybridized carbons (Fsp3) is 0.357. The average Bonchev–Trinajstić information content (AvgIpc) is 3.11. The van der Waals surface area contributed by atoms with Gasteiger partial charge in [0.05, 0.1) is 5.41 Å². The second-order valence-corrected chi connectivity index (χ2v) is 4.45. The molecule has 1 aliphatic carbocycles. The van der Waals surface area contributed by atoms with Crippen LogP contribution in [0.25, 0.3) is 6.08 Å². The van der Waals surface area contributed by atoms with Crippen molar-refractivity contribution in [3.05, 3.63) is 41.5 Å². The molecule has 2 rings (SSSR count). The van der Waals surface area contributed by atoms with Gasteiger partial charge in [-0.25, -0.2) is 0 Å². The van der Waals surface area contributed by atoms with Gasteiger partial charge in [0.15, 0.2) is 0 Å². The van der Waals surface area contributed by atoms with Gasteiger partial charge in [-0.3, -0.25) is 4.79 Å². The van der Waals surface area contributed by atoms with E-state index in [1.165, 1.54) is 0 Å². The summed E-state index contributed by atoms with van der Waals surface area (Å²) < 4.78 is 0. The standard InChI is InChI=1S/C14H17NO2/c15-10-4-3-6-11-5-1-2-7-12(11)14(8-9-14)13(16)17/h1-3,5-7H,4,8-10,15H2,(H,16,17). The SMILES string of the molecule is NCCC=Cc1ccccc1C1(C(=O)O)CC1. The Morgan fingerprint density at radius 3 is 2.71 bits per heavy atom. The molecular weight excluding hydrogens is 214 g/mol. The van der Waals surface area contributed by atoms with E-state index >= 15 is 0 Å². The molecule has 0 spiro atoms. The summed E-state index contributed by atoms with van der Waals surface area (Å²) in [5, 5.41) is 9.31. The van der Waals surface area contributed by atoms with E-state index in [-0.39, 0.29) is 0 Å². The van der Waals surface area contributed by atoms with Crippen molar-refractivity contribution in [3.63, 3.8) is 0 Å². The molecule has 0 radical (unpaired) electrons. The molecule has 3 heteroatoms. The molecule has 1 fully saturated rings. The van der Waals surface area contributed by atoms with Gasteiger partial charge in [0.25, 0.3) is 0 Å². The van der Waals surface area contributed by atoms with Gasteiger partial charge in [-0.2, -0.15) is 0 Å². The van der Waals surface area contributed by atoms with Crippen LogP contribution in [0.3, 0.4) is 0 Å². The molecule has 0 atom stereocenters. The maximum absolute atomic E-state index is 11.3. The van der Waals surface area contributed by atoms with Crippen molar-refractivity contribution in [1.82, 2.24) is 0 Å². The van der Waals surface area contributed by atoms with Gasteiger partial charge in [0.1, 0.15) is 0 Å². The fourth-order valence-electron chi connectivity index (χ4n) is 2.11. The highest BCUT2D eigenvalue weighted by molar-refractivity contribution is 5.86. The highest BCUT2D eigenvalue weighted by Crippen LogP contribution is 2.49. The molecule has 3 nitrogen and oxygen atoms in total. The lowest BCUT2D eigenvalue weighted by Crippen LogP contribution is -2.20. The van der Waals surface area contributed by atoms with E-state index in [1.807, 2.05) is 36.4 Å². The first-order chi connectivity index (χ1) is 8.20. The van der Waals surface area contributed by atoms with Gasteiger partial charge in [0.2, 0.25) is 0 Å². The minimum atomic E-state index is -0.711. The Kier molecular flexibility index (Phi) is 3.29. The number of hydrogen-bond acceptors (Lipinski definition) is 2. The maximum Gasteiger partial charge on any atom is 0.314 e. The number of rotatable bonds is 5. The van der Waals surface area contributed by atoms with Crippen LogP contribution in [0.1, 0.15) is 30.4 Å². The van der Waals surface area contributed by atoms with Gasteiger partial charge in [-0.1, -0.05) is 36.4 Å². The third-order valence-electron chi connectivity index (χ3n) is 3.27. The summed E-state index contributed by atoms with van der Waals surface area (Å²) in [5.41, 5.74) is 6.73. The topological polar surface area (TPSA) is 63.3 Å². The molecule has 0 amide bonds. The predicted molar refractivity (Wildman–Crippen MR) is 67.7 cm³/mol. The highest BCUT2D eigenvalue weighted by atomic mass is 16.4. The van der Waals surface area contributed by atoms with Crippen LogP contribution in [0.5, 0.6) is 0 Å². The number of hydrogen-bond donors (Lipinski definition) is 2. The van der Waals surface area contributed by atoms with E-state index in [0.717, 1.165) is 30.4 Å². The number of nitrogens with two attached hydrogens (primary N) is 1. The molecule has 17 heavy (non-hydrogen) atoms. The predicted octanol–water partition coefficient (Wildman–Crippen LogP) is 2.16. The van der Waals surface area contributed by atoms with E-state index < -0.39 is 11.4 Å². The third kappa shape index (κ3) is 2.24. The van der Waals surface area contributed by atoms with Gasteiger partial charge in [-0.05, 0) is 36.9 Å². The summed E-state index contributed by atoms with van der Waals surface area (Å²) in [7, 11) is 0. The van der Waals surface area contributed by atoms with E-state index in [4.69, 9.17) is 5.73 Å². The Balaban J connectivity index is 2.32. The molecule has 1 aromatic rings. The maximum atomic E-state index is 11.3. The highest BCUT2D eigenvalue weighted by Gasteiger charge is 2.52. The van der Waals surface area contributed by atoms with Gasteiger partial charge < -0.3 is 10.8 Å². The van der Waals surface area contributed by atoms with Crippen molar-refractivity contribution >= 4 is 12.0 Å². The quantitative estimate of drug-likeness (QED) is 0.816. The minimum absolute atomic E-state index is 0.614. The zero-order valence-corrected chi connectivity index (χ0v) is 9.73. The first-order valence-corrected chi connectivity index (χ1v) is 5.90. The second-order valence-electron chi connectivity index (χ2n) is 4.45. The average molecular weight is 231 g/mol. The molecule has 0 bridgehead atoms. The number of benzene rings is 1. The molecule has 0 heterocycles. The van der Waals surface area contributed by atoms with Gasteiger partial charge in [-0.15, -0.1) is 0 Å². The summed E-state index contributed by atoms with van der Waals surface area (Å²) >= 11 is 0. The van der Waals surface area contributed by atoms with Crippen molar-refractivity contribution in [3.8, 4) is 0 Å². The smallest absolute Gasteiger partial charge is 0.314 e. The summed E-state index contributed by atoms with van der Waals surface area (Å²) in [6, 6.07) is 7.72. The van der Waals surface area contributed by atoms with Crippen LogP contribution in [0, 0.1) is 0 Å². The number of carbonyl (C=O) groups is 1. The van der Waals surface area contributed by atoms with E-state index in [0.29, 0.717) is 6.54 Å². The van der Waals surface area contributed by atoms with Crippen LogP contribution in [-0.2, 0) is 10.2 Å². The lowest BCUT2D eigenvalue weighted by molar-refractivity contribution is -0.140. The van der Waals surface area contributed by atoms with E-state index in [2.05, 4.69) is 0 Å². The van der Waals surface area contributed by atoms with Crippen LogP contribution in [0.2, 0.25) is 0 Å². The molecule has 1 aliphatic rings. The Labute approximate surface area is 101 Å². The molecule has 1 saturated carbocycles. The largest absolute Gasteiger partial charge is 0.481 e. The van der Waals surface area contributed by atoms with E-state index in [1.54, 1.807) is 0 Å². The molecule has 0 aromatic heterocycles. The minimum Gasteiger partial charge on any atom is -0.481 e. The third-order valence-corrected chi connectivity index (χ3v) is 3.27. The number of carboxylic acid groups (broad SMARTS) is 1. The first kappa shape index (κ1) is 11.9. The van der Waals surface area contributed by atoms with Crippen LogP contribution in [0.15, 0.2) is 30.3 Å². The van der Waals surface area contributed by atoms with Crippen LogP contribution < -0.4 is 5.73 Å². The Morgan fingerprint density at radius 2 is 2.12 bits per heavy atom. The van der Waals surface area contributed by atoms with Crippen molar-refractivity contribution in [1.29, 1.82) is 0 Å². The fourth-order valence-corrected chi connectivity index (χ4v) is 2.11. The van der Waals surface area contributed by atoms with Crippen molar-refractivity contribution in [2.45, 2.75) is 24.7 Å². The summed E-state index contributed by atoms with van der Waals surface area (Å²) in [6.45, 7) is 0.614. The van der Waals surface area contributed by atoms with Crippen molar-refractivity contribution in [2.24, 2.45) is 5.73 Å². The molecule has 90 valence electrons. The Hall–Kier alpha value is -1.61. The van der Waals surface area contributed by atoms with Crippen molar-refractivity contribution < 1.29 is 9.90 Å². The van der Waals surface area contributed by atoms with Crippen LogP contribution in [0.4, 0.5) is 0 Å². The van der Waals surface area contributed by atoms with Gasteiger partial charge >= 0.3 is 5.97 Å². The summed E-state index contributed by atoms with van der Waals surface area (Å²) in [6.07, 6.45) is 6.27. The lowest BCUT2D eigenvalue weighted by atomic mass is 9.91. The van der Waals surface area contributed by atoms with Gasteiger partial charge in [0, 0.05) is 0 Å². The monoisotopic (exact) mass is 231 g/mol.